The Morgan fingerprint density at radius 3 is 2.95 bits per heavy atom. The monoisotopic (exact) mass is 285 g/mol. The molecular formula is C15H19N5O. The van der Waals surface area contributed by atoms with Crippen molar-refractivity contribution in [2.24, 2.45) is 0 Å². The van der Waals surface area contributed by atoms with Crippen LogP contribution in [0.4, 0.5) is 0 Å². The first-order valence-corrected chi connectivity index (χ1v) is 7.09. The molecule has 3 heterocycles. The summed E-state index contributed by atoms with van der Waals surface area (Å²) in [5.41, 5.74) is 2.15. The molecule has 0 bridgehead atoms. The van der Waals surface area contributed by atoms with E-state index in [9.17, 15) is 0 Å². The van der Waals surface area contributed by atoms with Gasteiger partial charge in [0.15, 0.2) is 5.82 Å². The third-order valence-corrected chi connectivity index (χ3v) is 3.39. The van der Waals surface area contributed by atoms with Gasteiger partial charge in [0.25, 0.3) is 0 Å². The van der Waals surface area contributed by atoms with Gasteiger partial charge >= 0.3 is 0 Å². The molecule has 0 fully saturated rings. The zero-order chi connectivity index (χ0) is 14.8. The van der Waals surface area contributed by atoms with E-state index in [1.807, 2.05) is 27.0 Å². The molecule has 21 heavy (non-hydrogen) atoms. The quantitative estimate of drug-likeness (QED) is 0.779. The van der Waals surface area contributed by atoms with Crippen molar-refractivity contribution in [3.63, 3.8) is 0 Å². The summed E-state index contributed by atoms with van der Waals surface area (Å²) in [5, 5.41) is 8.33. The Bertz CT molecular complexity index is 743. The Balaban J connectivity index is 1.96. The van der Waals surface area contributed by atoms with Crippen molar-refractivity contribution in [3.05, 3.63) is 41.8 Å². The predicted octanol–water partition coefficient (Wildman–Crippen LogP) is 2.31. The van der Waals surface area contributed by atoms with Crippen LogP contribution in [0.3, 0.4) is 0 Å². The van der Waals surface area contributed by atoms with Gasteiger partial charge in [-0.05, 0) is 24.7 Å². The van der Waals surface area contributed by atoms with E-state index in [-0.39, 0.29) is 5.92 Å². The summed E-state index contributed by atoms with van der Waals surface area (Å²) in [5.74, 6) is 1.61. The molecule has 0 amide bonds. The van der Waals surface area contributed by atoms with Gasteiger partial charge in [-0.1, -0.05) is 19.0 Å². The molecule has 0 saturated heterocycles. The first-order chi connectivity index (χ1) is 10.2. The molecule has 3 rings (SSSR count). The molecular weight excluding hydrogens is 266 g/mol. The molecule has 0 unspecified atom stereocenters. The molecule has 0 aliphatic carbocycles. The van der Waals surface area contributed by atoms with E-state index in [1.54, 1.807) is 6.20 Å². The largest absolute Gasteiger partial charge is 0.337 e. The second-order valence-corrected chi connectivity index (χ2v) is 5.39. The second-order valence-electron chi connectivity index (χ2n) is 5.39. The predicted molar refractivity (Wildman–Crippen MR) is 80.0 cm³/mol. The van der Waals surface area contributed by atoms with Gasteiger partial charge in [0.05, 0.1) is 0 Å². The van der Waals surface area contributed by atoms with E-state index in [4.69, 9.17) is 4.52 Å². The highest BCUT2D eigenvalue weighted by Gasteiger charge is 2.13. The minimum absolute atomic E-state index is 0.266. The Hall–Kier alpha value is -2.21. The molecule has 0 saturated carbocycles. The number of pyridine rings is 1. The van der Waals surface area contributed by atoms with E-state index >= 15 is 0 Å². The van der Waals surface area contributed by atoms with Crippen molar-refractivity contribution >= 4 is 11.0 Å². The summed E-state index contributed by atoms with van der Waals surface area (Å²) >= 11 is 0. The molecule has 6 nitrogen and oxygen atoms in total. The summed E-state index contributed by atoms with van der Waals surface area (Å²) in [4.78, 5) is 8.89. The van der Waals surface area contributed by atoms with Crippen molar-refractivity contribution in [2.45, 2.75) is 32.9 Å². The van der Waals surface area contributed by atoms with Crippen molar-refractivity contribution in [1.29, 1.82) is 0 Å². The Labute approximate surface area is 123 Å². The number of rotatable bonds is 5. The van der Waals surface area contributed by atoms with Gasteiger partial charge < -0.3 is 14.4 Å². The molecule has 0 aromatic carbocycles. The fourth-order valence-corrected chi connectivity index (χ4v) is 2.36. The van der Waals surface area contributed by atoms with Crippen LogP contribution in [0.25, 0.3) is 11.0 Å². The maximum absolute atomic E-state index is 5.32. The summed E-state index contributed by atoms with van der Waals surface area (Å²) in [7, 11) is 1.94. The standard InChI is InChI=1S/C15H19N5O/c1-10(2)14-18-13(21-19-14)9-20-8-11(7-16-3)12-5-4-6-17-15(12)20/h4-6,8,10,16H,7,9H2,1-3H3. The van der Waals surface area contributed by atoms with Crippen LogP contribution in [0.5, 0.6) is 0 Å². The van der Waals surface area contributed by atoms with Crippen molar-refractivity contribution < 1.29 is 4.52 Å². The van der Waals surface area contributed by atoms with Gasteiger partial charge in [0.1, 0.15) is 12.2 Å². The molecule has 0 atom stereocenters. The molecule has 0 aliphatic rings. The molecule has 3 aromatic heterocycles. The van der Waals surface area contributed by atoms with Crippen molar-refractivity contribution in [3.8, 4) is 0 Å². The fourth-order valence-electron chi connectivity index (χ4n) is 2.36. The third-order valence-electron chi connectivity index (χ3n) is 3.39. The highest BCUT2D eigenvalue weighted by Crippen LogP contribution is 2.20. The number of hydrogen-bond acceptors (Lipinski definition) is 5. The van der Waals surface area contributed by atoms with Crippen molar-refractivity contribution in [1.82, 2.24) is 25.0 Å². The molecule has 1 N–H and O–H groups in total. The average Bonchev–Trinajstić information content (AvgIpc) is 3.07. The number of nitrogens with one attached hydrogen (secondary N) is 1. The summed E-state index contributed by atoms with van der Waals surface area (Å²) < 4.78 is 7.38. The molecule has 0 radical (unpaired) electrons. The van der Waals surface area contributed by atoms with E-state index in [2.05, 4.69) is 37.3 Å². The zero-order valence-electron chi connectivity index (χ0n) is 12.5. The Kier molecular flexibility index (Phi) is 3.70. The van der Waals surface area contributed by atoms with Gasteiger partial charge in [0.2, 0.25) is 5.89 Å². The lowest BCUT2D eigenvalue weighted by atomic mass is 10.2. The summed E-state index contributed by atoms with van der Waals surface area (Å²) in [6.07, 6.45) is 3.89. The SMILES string of the molecule is CNCc1cn(Cc2nc(C(C)C)no2)c2ncccc12. The van der Waals surface area contributed by atoms with E-state index in [1.165, 1.54) is 5.56 Å². The normalized spacial score (nSPS) is 11.6. The fraction of sp³-hybridized carbons (Fsp3) is 0.400. The minimum atomic E-state index is 0.266. The van der Waals surface area contributed by atoms with E-state index in [0.717, 1.165) is 23.4 Å². The molecule has 110 valence electrons. The number of fused-ring (bicyclic) bond motifs is 1. The first-order valence-electron chi connectivity index (χ1n) is 7.09. The van der Waals surface area contributed by atoms with Crippen LogP contribution in [0, 0.1) is 0 Å². The maximum atomic E-state index is 5.32. The summed E-state index contributed by atoms with van der Waals surface area (Å²) in [6.45, 7) is 5.44. The number of hydrogen-bond donors (Lipinski definition) is 1. The summed E-state index contributed by atoms with van der Waals surface area (Å²) in [6, 6.07) is 4.04. The first kappa shape index (κ1) is 13.8. The van der Waals surface area contributed by atoms with Crippen molar-refractivity contribution in [2.75, 3.05) is 7.05 Å². The van der Waals surface area contributed by atoms with Crippen LogP contribution in [0.1, 0.15) is 37.0 Å². The third kappa shape index (κ3) is 2.67. The Morgan fingerprint density at radius 2 is 2.24 bits per heavy atom. The van der Waals surface area contributed by atoms with Crippen LogP contribution >= 0.6 is 0 Å². The van der Waals surface area contributed by atoms with Crippen LogP contribution in [-0.2, 0) is 13.1 Å². The average molecular weight is 285 g/mol. The lowest BCUT2D eigenvalue weighted by molar-refractivity contribution is 0.365. The lowest BCUT2D eigenvalue weighted by Crippen LogP contribution is -2.04. The van der Waals surface area contributed by atoms with E-state index in [0.29, 0.717) is 12.4 Å². The Morgan fingerprint density at radius 1 is 1.38 bits per heavy atom. The molecule has 6 heteroatoms. The van der Waals surface area contributed by atoms with Gasteiger partial charge in [0, 0.05) is 30.2 Å². The van der Waals surface area contributed by atoms with Gasteiger partial charge in [-0.25, -0.2) is 4.98 Å². The number of nitrogens with zero attached hydrogens (tertiary/aromatic N) is 4. The van der Waals surface area contributed by atoms with Crippen LogP contribution in [0.15, 0.2) is 29.0 Å². The highest BCUT2D eigenvalue weighted by molar-refractivity contribution is 5.80. The van der Waals surface area contributed by atoms with Crippen LogP contribution < -0.4 is 5.32 Å². The van der Waals surface area contributed by atoms with E-state index < -0.39 is 0 Å². The zero-order valence-corrected chi connectivity index (χ0v) is 12.5. The topological polar surface area (TPSA) is 68.8 Å². The lowest BCUT2D eigenvalue weighted by Gasteiger charge is -1.99. The van der Waals surface area contributed by atoms with Crippen LogP contribution in [0.2, 0.25) is 0 Å². The van der Waals surface area contributed by atoms with Gasteiger partial charge in [-0.2, -0.15) is 4.98 Å². The molecule has 3 aromatic rings. The molecule has 0 aliphatic heterocycles. The smallest absolute Gasteiger partial charge is 0.246 e. The van der Waals surface area contributed by atoms with Gasteiger partial charge in [-0.15, -0.1) is 0 Å². The number of aromatic nitrogens is 4. The molecule has 0 spiro atoms. The van der Waals surface area contributed by atoms with Crippen LogP contribution in [-0.4, -0.2) is 26.7 Å². The van der Waals surface area contributed by atoms with Gasteiger partial charge in [-0.3, -0.25) is 0 Å². The highest BCUT2D eigenvalue weighted by atomic mass is 16.5. The second kappa shape index (κ2) is 5.65. The maximum Gasteiger partial charge on any atom is 0.246 e. The minimum Gasteiger partial charge on any atom is -0.337 e.